The van der Waals surface area contributed by atoms with E-state index in [9.17, 15) is 0 Å². The standard InChI is InChI=1S/C17H23N3O/c1-5-10-21-16-11-13(3)18-17(20-16)19-14(4)15-8-6-12(2)7-9-15/h6-9,11,14H,5,10H2,1-4H3,(H,18,19,20). The van der Waals surface area contributed by atoms with Gasteiger partial charge >= 0.3 is 0 Å². The Morgan fingerprint density at radius 3 is 2.52 bits per heavy atom. The van der Waals surface area contributed by atoms with E-state index in [0.717, 1.165) is 12.1 Å². The monoisotopic (exact) mass is 285 g/mol. The molecule has 0 spiro atoms. The van der Waals surface area contributed by atoms with Crippen molar-refractivity contribution in [1.29, 1.82) is 0 Å². The Morgan fingerprint density at radius 2 is 1.86 bits per heavy atom. The predicted molar refractivity (Wildman–Crippen MR) is 85.8 cm³/mol. The molecule has 2 aromatic rings. The molecule has 1 heterocycles. The average molecular weight is 285 g/mol. The zero-order valence-electron chi connectivity index (χ0n) is 13.2. The fourth-order valence-electron chi connectivity index (χ4n) is 2.02. The van der Waals surface area contributed by atoms with Crippen molar-refractivity contribution < 1.29 is 4.74 Å². The molecule has 0 amide bonds. The Hall–Kier alpha value is -2.10. The van der Waals surface area contributed by atoms with Gasteiger partial charge in [0.15, 0.2) is 0 Å². The molecule has 21 heavy (non-hydrogen) atoms. The van der Waals surface area contributed by atoms with Crippen molar-refractivity contribution in [2.45, 2.75) is 40.2 Å². The number of nitrogens with zero attached hydrogens (tertiary/aromatic N) is 2. The fourth-order valence-corrected chi connectivity index (χ4v) is 2.02. The molecule has 0 saturated heterocycles. The molecule has 4 heteroatoms. The van der Waals surface area contributed by atoms with Gasteiger partial charge in [0.2, 0.25) is 11.8 Å². The molecule has 0 fully saturated rings. The first-order chi connectivity index (χ1) is 10.1. The summed E-state index contributed by atoms with van der Waals surface area (Å²) in [6.07, 6.45) is 0.964. The van der Waals surface area contributed by atoms with E-state index in [1.165, 1.54) is 11.1 Å². The first-order valence-electron chi connectivity index (χ1n) is 7.40. The molecule has 0 saturated carbocycles. The molecule has 0 aliphatic rings. The van der Waals surface area contributed by atoms with Gasteiger partial charge in [0.25, 0.3) is 0 Å². The van der Waals surface area contributed by atoms with Gasteiger partial charge < -0.3 is 10.1 Å². The van der Waals surface area contributed by atoms with Gasteiger partial charge in [-0.1, -0.05) is 36.8 Å². The number of benzene rings is 1. The Morgan fingerprint density at radius 1 is 1.14 bits per heavy atom. The molecular formula is C17H23N3O. The quantitative estimate of drug-likeness (QED) is 0.869. The zero-order valence-corrected chi connectivity index (χ0v) is 13.2. The number of aromatic nitrogens is 2. The Labute approximate surface area is 126 Å². The van der Waals surface area contributed by atoms with E-state index < -0.39 is 0 Å². The molecule has 0 aliphatic carbocycles. The highest BCUT2D eigenvalue weighted by Crippen LogP contribution is 2.19. The summed E-state index contributed by atoms with van der Waals surface area (Å²) in [4.78, 5) is 8.83. The molecule has 1 atom stereocenters. The van der Waals surface area contributed by atoms with E-state index in [0.29, 0.717) is 18.4 Å². The van der Waals surface area contributed by atoms with Crippen LogP contribution < -0.4 is 10.1 Å². The Kier molecular flexibility index (Phi) is 5.14. The molecule has 1 N–H and O–H groups in total. The van der Waals surface area contributed by atoms with E-state index in [-0.39, 0.29) is 6.04 Å². The molecule has 2 rings (SSSR count). The molecule has 0 aliphatic heterocycles. The molecule has 0 bridgehead atoms. The van der Waals surface area contributed by atoms with Crippen molar-refractivity contribution in [3.8, 4) is 5.88 Å². The van der Waals surface area contributed by atoms with Gasteiger partial charge in [0.1, 0.15) is 0 Å². The van der Waals surface area contributed by atoms with Crippen LogP contribution in [0.3, 0.4) is 0 Å². The topological polar surface area (TPSA) is 47.0 Å². The van der Waals surface area contributed by atoms with Crippen LogP contribution in [-0.4, -0.2) is 16.6 Å². The summed E-state index contributed by atoms with van der Waals surface area (Å²) >= 11 is 0. The number of aryl methyl sites for hydroxylation is 2. The lowest BCUT2D eigenvalue weighted by molar-refractivity contribution is 0.305. The molecular weight excluding hydrogens is 262 g/mol. The normalized spacial score (nSPS) is 12.0. The van der Waals surface area contributed by atoms with Crippen molar-refractivity contribution in [2.75, 3.05) is 11.9 Å². The summed E-state index contributed by atoms with van der Waals surface area (Å²) in [5, 5.41) is 3.33. The van der Waals surface area contributed by atoms with Crippen LogP contribution in [0.25, 0.3) is 0 Å². The second-order valence-corrected chi connectivity index (χ2v) is 5.30. The van der Waals surface area contributed by atoms with Gasteiger partial charge in [0, 0.05) is 11.8 Å². The Balaban J connectivity index is 2.10. The van der Waals surface area contributed by atoms with Gasteiger partial charge in [-0.3, -0.25) is 0 Å². The number of ether oxygens (including phenoxy) is 1. The van der Waals surface area contributed by atoms with Crippen molar-refractivity contribution in [3.63, 3.8) is 0 Å². The molecule has 1 aromatic carbocycles. The summed E-state index contributed by atoms with van der Waals surface area (Å²) in [5.74, 6) is 1.23. The number of rotatable bonds is 6. The van der Waals surface area contributed by atoms with Gasteiger partial charge in [0.05, 0.1) is 12.6 Å². The third-order valence-corrected chi connectivity index (χ3v) is 3.21. The van der Waals surface area contributed by atoms with Crippen LogP contribution >= 0.6 is 0 Å². The van der Waals surface area contributed by atoms with Crippen molar-refractivity contribution in [3.05, 3.63) is 47.2 Å². The number of hydrogen-bond acceptors (Lipinski definition) is 4. The lowest BCUT2D eigenvalue weighted by Crippen LogP contribution is -2.11. The Bertz CT molecular complexity index is 581. The van der Waals surface area contributed by atoms with Gasteiger partial charge in [-0.15, -0.1) is 0 Å². The number of anilines is 1. The third-order valence-electron chi connectivity index (χ3n) is 3.21. The molecule has 0 radical (unpaired) electrons. The summed E-state index contributed by atoms with van der Waals surface area (Å²) in [6, 6.07) is 10.5. The van der Waals surface area contributed by atoms with E-state index >= 15 is 0 Å². The van der Waals surface area contributed by atoms with Gasteiger partial charge in [-0.2, -0.15) is 4.98 Å². The van der Waals surface area contributed by atoms with Crippen LogP contribution in [0.5, 0.6) is 5.88 Å². The highest BCUT2D eigenvalue weighted by Gasteiger charge is 2.09. The average Bonchev–Trinajstić information content (AvgIpc) is 2.45. The zero-order chi connectivity index (χ0) is 15.2. The third kappa shape index (κ3) is 4.45. The van der Waals surface area contributed by atoms with Crippen LogP contribution in [0, 0.1) is 13.8 Å². The molecule has 1 aromatic heterocycles. The van der Waals surface area contributed by atoms with E-state index in [1.807, 2.05) is 13.0 Å². The van der Waals surface area contributed by atoms with Crippen LogP contribution in [-0.2, 0) is 0 Å². The van der Waals surface area contributed by atoms with Crippen LogP contribution in [0.2, 0.25) is 0 Å². The van der Waals surface area contributed by atoms with E-state index in [4.69, 9.17) is 4.74 Å². The molecule has 4 nitrogen and oxygen atoms in total. The second-order valence-electron chi connectivity index (χ2n) is 5.30. The highest BCUT2D eigenvalue weighted by molar-refractivity contribution is 5.35. The van der Waals surface area contributed by atoms with Crippen molar-refractivity contribution in [1.82, 2.24) is 9.97 Å². The summed E-state index contributed by atoms with van der Waals surface area (Å²) in [5.41, 5.74) is 3.37. The SMILES string of the molecule is CCCOc1cc(C)nc(NC(C)c2ccc(C)cc2)n1. The second kappa shape index (κ2) is 7.07. The lowest BCUT2D eigenvalue weighted by atomic mass is 10.1. The maximum Gasteiger partial charge on any atom is 0.226 e. The summed E-state index contributed by atoms with van der Waals surface area (Å²) in [6.45, 7) is 8.88. The minimum Gasteiger partial charge on any atom is -0.478 e. The lowest BCUT2D eigenvalue weighted by Gasteiger charge is -2.15. The minimum absolute atomic E-state index is 0.145. The highest BCUT2D eigenvalue weighted by atomic mass is 16.5. The smallest absolute Gasteiger partial charge is 0.226 e. The maximum atomic E-state index is 5.59. The van der Waals surface area contributed by atoms with Gasteiger partial charge in [-0.25, -0.2) is 4.98 Å². The maximum absolute atomic E-state index is 5.59. The van der Waals surface area contributed by atoms with Crippen LogP contribution in [0.4, 0.5) is 5.95 Å². The number of hydrogen-bond donors (Lipinski definition) is 1. The predicted octanol–water partition coefficient (Wildman–Crippen LogP) is 4.06. The van der Waals surface area contributed by atoms with Crippen molar-refractivity contribution >= 4 is 5.95 Å². The number of nitrogens with one attached hydrogen (secondary N) is 1. The first kappa shape index (κ1) is 15.3. The van der Waals surface area contributed by atoms with Crippen LogP contribution in [0.1, 0.15) is 43.1 Å². The fraction of sp³-hybridized carbons (Fsp3) is 0.412. The largest absolute Gasteiger partial charge is 0.478 e. The van der Waals surface area contributed by atoms with E-state index in [2.05, 4.69) is 60.3 Å². The van der Waals surface area contributed by atoms with Gasteiger partial charge in [-0.05, 0) is 32.8 Å². The molecule has 112 valence electrons. The van der Waals surface area contributed by atoms with Crippen molar-refractivity contribution in [2.24, 2.45) is 0 Å². The first-order valence-corrected chi connectivity index (χ1v) is 7.40. The summed E-state index contributed by atoms with van der Waals surface area (Å²) in [7, 11) is 0. The molecule has 1 unspecified atom stereocenters. The summed E-state index contributed by atoms with van der Waals surface area (Å²) < 4.78 is 5.59. The van der Waals surface area contributed by atoms with Crippen LogP contribution in [0.15, 0.2) is 30.3 Å². The van der Waals surface area contributed by atoms with E-state index in [1.54, 1.807) is 0 Å². The minimum atomic E-state index is 0.145.